The number of carbonyl (C=O) groups excluding carboxylic acids is 1. The van der Waals surface area contributed by atoms with Crippen LogP contribution in [0.25, 0.3) is 0 Å². The van der Waals surface area contributed by atoms with Crippen LogP contribution in [0.1, 0.15) is 28.5 Å². The number of aromatic nitrogens is 1. The van der Waals surface area contributed by atoms with Crippen LogP contribution < -0.4 is 5.32 Å². The molecule has 0 saturated carbocycles. The molecule has 1 atom stereocenters. The SMILES string of the molecule is CCc1ncc(C(=O)N[C@H](C)COC)s1. The van der Waals surface area contributed by atoms with Crippen LogP contribution in [0.4, 0.5) is 0 Å². The van der Waals surface area contributed by atoms with E-state index in [-0.39, 0.29) is 11.9 Å². The molecule has 1 N–H and O–H groups in total. The molecule has 1 heterocycles. The molecular formula is C10H16N2O2S. The number of hydrogen-bond donors (Lipinski definition) is 1. The summed E-state index contributed by atoms with van der Waals surface area (Å²) in [6, 6.07) is 0.0228. The fourth-order valence-corrected chi connectivity index (χ4v) is 1.93. The summed E-state index contributed by atoms with van der Waals surface area (Å²) in [5, 5.41) is 3.83. The number of amides is 1. The zero-order valence-electron chi connectivity index (χ0n) is 9.24. The van der Waals surface area contributed by atoms with Gasteiger partial charge in [0.15, 0.2) is 0 Å². The van der Waals surface area contributed by atoms with Crippen LogP contribution in [-0.2, 0) is 11.2 Å². The van der Waals surface area contributed by atoms with E-state index in [2.05, 4.69) is 10.3 Å². The quantitative estimate of drug-likeness (QED) is 0.830. The molecule has 0 saturated heterocycles. The molecule has 15 heavy (non-hydrogen) atoms. The summed E-state index contributed by atoms with van der Waals surface area (Å²) in [6.07, 6.45) is 2.49. The van der Waals surface area contributed by atoms with Gasteiger partial charge in [0.2, 0.25) is 0 Å². The van der Waals surface area contributed by atoms with Gasteiger partial charge in [0, 0.05) is 13.2 Å². The van der Waals surface area contributed by atoms with Crippen molar-refractivity contribution in [2.24, 2.45) is 0 Å². The zero-order valence-corrected chi connectivity index (χ0v) is 10.1. The molecule has 84 valence electrons. The van der Waals surface area contributed by atoms with Crippen molar-refractivity contribution in [1.82, 2.24) is 10.3 Å². The predicted molar refractivity (Wildman–Crippen MR) is 60.3 cm³/mol. The van der Waals surface area contributed by atoms with Gasteiger partial charge in [0.05, 0.1) is 17.8 Å². The Hall–Kier alpha value is -0.940. The van der Waals surface area contributed by atoms with Crippen LogP contribution in [0.3, 0.4) is 0 Å². The minimum atomic E-state index is -0.0725. The molecule has 1 rings (SSSR count). The molecule has 0 radical (unpaired) electrons. The Morgan fingerprint density at radius 3 is 3.00 bits per heavy atom. The number of hydrogen-bond acceptors (Lipinski definition) is 4. The van der Waals surface area contributed by atoms with Crippen molar-refractivity contribution in [2.45, 2.75) is 26.3 Å². The van der Waals surface area contributed by atoms with Gasteiger partial charge in [-0.1, -0.05) is 6.92 Å². The number of thiazole rings is 1. The fraction of sp³-hybridized carbons (Fsp3) is 0.600. The largest absolute Gasteiger partial charge is 0.383 e. The molecule has 1 amide bonds. The average molecular weight is 228 g/mol. The van der Waals surface area contributed by atoms with Crippen LogP contribution in [0.15, 0.2) is 6.20 Å². The number of methoxy groups -OCH3 is 1. The standard InChI is InChI=1S/C10H16N2O2S/c1-4-9-11-5-8(15-9)10(13)12-7(2)6-14-3/h5,7H,4,6H2,1-3H3,(H,12,13)/t7-/m1/s1. The molecule has 0 spiro atoms. The fourth-order valence-electron chi connectivity index (χ4n) is 1.17. The lowest BCUT2D eigenvalue weighted by molar-refractivity contribution is 0.0909. The van der Waals surface area contributed by atoms with Crippen LogP contribution >= 0.6 is 11.3 Å². The normalized spacial score (nSPS) is 12.5. The van der Waals surface area contributed by atoms with E-state index < -0.39 is 0 Å². The Morgan fingerprint density at radius 1 is 1.73 bits per heavy atom. The molecule has 0 bridgehead atoms. The summed E-state index contributed by atoms with van der Waals surface area (Å²) in [4.78, 5) is 16.5. The molecule has 1 aromatic heterocycles. The minimum Gasteiger partial charge on any atom is -0.383 e. The first-order valence-corrected chi connectivity index (χ1v) is 5.73. The van der Waals surface area contributed by atoms with Gasteiger partial charge >= 0.3 is 0 Å². The number of aryl methyl sites for hydroxylation is 1. The molecule has 4 nitrogen and oxygen atoms in total. The van der Waals surface area contributed by atoms with Gasteiger partial charge in [-0.25, -0.2) is 4.98 Å². The van der Waals surface area contributed by atoms with E-state index in [0.29, 0.717) is 11.5 Å². The zero-order chi connectivity index (χ0) is 11.3. The van der Waals surface area contributed by atoms with E-state index in [9.17, 15) is 4.79 Å². The molecule has 0 aliphatic heterocycles. The first kappa shape index (κ1) is 12.1. The topological polar surface area (TPSA) is 51.2 Å². The van der Waals surface area contributed by atoms with Gasteiger partial charge < -0.3 is 10.1 Å². The highest BCUT2D eigenvalue weighted by Gasteiger charge is 2.12. The highest BCUT2D eigenvalue weighted by Crippen LogP contribution is 2.13. The summed E-state index contributed by atoms with van der Waals surface area (Å²) < 4.78 is 4.94. The van der Waals surface area contributed by atoms with Gasteiger partial charge in [0.25, 0.3) is 5.91 Å². The maximum atomic E-state index is 11.7. The van der Waals surface area contributed by atoms with Crippen molar-refractivity contribution in [3.8, 4) is 0 Å². The van der Waals surface area contributed by atoms with Gasteiger partial charge in [0.1, 0.15) is 4.88 Å². The van der Waals surface area contributed by atoms with Gasteiger partial charge in [-0.05, 0) is 13.3 Å². The molecule has 0 fully saturated rings. The molecule has 0 aliphatic carbocycles. The highest BCUT2D eigenvalue weighted by molar-refractivity contribution is 7.13. The second kappa shape index (κ2) is 5.82. The molecule has 1 aromatic rings. The third-order valence-electron chi connectivity index (χ3n) is 1.87. The third-order valence-corrected chi connectivity index (χ3v) is 3.01. The Kier molecular flexibility index (Phi) is 4.71. The summed E-state index contributed by atoms with van der Waals surface area (Å²) in [5.74, 6) is -0.0725. The summed E-state index contributed by atoms with van der Waals surface area (Å²) in [7, 11) is 1.62. The van der Waals surface area contributed by atoms with Crippen LogP contribution in [0.5, 0.6) is 0 Å². The van der Waals surface area contributed by atoms with Crippen LogP contribution in [-0.4, -0.2) is 30.6 Å². The van der Waals surface area contributed by atoms with E-state index >= 15 is 0 Å². The van der Waals surface area contributed by atoms with E-state index in [1.54, 1.807) is 13.3 Å². The molecule has 5 heteroatoms. The monoisotopic (exact) mass is 228 g/mol. The number of carbonyl (C=O) groups is 1. The average Bonchev–Trinajstić information content (AvgIpc) is 2.66. The summed E-state index contributed by atoms with van der Waals surface area (Å²) >= 11 is 1.44. The Labute approximate surface area is 93.7 Å². The minimum absolute atomic E-state index is 0.0228. The Bertz CT molecular complexity index is 325. The number of nitrogens with zero attached hydrogens (tertiary/aromatic N) is 1. The van der Waals surface area contributed by atoms with Crippen molar-refractivity contribution in [2.75, 3.05) is 13.7 Å². The first-order chi connectivity index (χ1) is 7.17. The van der Waals surface area contributed by atoms with Crippen molar-refractivity contribution in [1.29, 1.82) is 0 Å². The van der Waals surface area contributed by atoms with Crippen LogP contribution in [0, 0.1) is 0 Å². The highest BCUT2D eigenvalue weighted by atomic mass is 32.1. The van der Waals surface area contributed by atoms with Gasteiger partial charge in [-0.15, -0.1) is 11.3 Å². The number of ether oxygens (including phenoxy) is 1. The number of rotatable bonds is 5. The van der Waals surface area contributed by atoms with E-state index in [4.69, 9.17) is 4.74 Å². The van der Waals surface area contributed by atoms with Crippen LogP contribution in [0.2, 0.25) is 0 Å². The van der Waals surface area contributed by atoms with Crippen molar-refractivity contribution in [3.63, 3.8) is 0 Å². The molecule has 0 unspecified atom stereocenters. The maximum Gasteiger partial charge on any atom is 0.263 e. The molecule has 0 aliphatic rings. The lowest BCUT2D eigenvalue weighted by atomic mass is 10.3. The summed E-state index contributed by atoms with van der Waals surface area (Å²) in [5.41, 5.74) is 0. The van der Waals surface area contributed by atoms with E-state index in [1.807, 2.05) is 13.8 Å². The Balaban J connectivity index is 2.53. The maximum absolute atomic E-state index is 11.7. The third kappa shape index (κ3) is 3.60. The second-order valence-electron chi connectivity index (χ2n) is 3.30. The number of nitrogens with one attached hydrogen (secondary N) is 1. The smallest absolute Gasteiger partial charge is 0.263 e. The van der Waals surface area contributed by atoms with Crippen molar-refractivity contribution >= 4 is 17.2 Å². The first-order valence-electron chi connectivity index (χ1n) is 4.91. The van der Waals surface area contributed by atoms with Gasteiger partial charge in [-0.2, -0.15) is 0 Å². The molecular weight excluding hydrogens is 212 g/mol. The second-order valence-corrected chi connectivity index (χ2v) is 4.42. The van der Waals surface area contributed by atoms with Crippen molar-refractivity contribution in [3.05, 3.63) is 16.1 Å². The molecule has 0 aromatic carbocycles. The predicted octanol–water partition coefficient (Wildman–Crippen LogP) is 1.47. The van der Waals surface area contributed by atoms with E-state index in [1.165, 1.54) is 11.3 Å². The Morgan fingerprint density at radius 2 is 2.47 bits per heavy atom. The van der Waals surface area contributed by atoms with E-state index in [0.717, 1.165) is 11.4 Å². The summed E-state index contributed by atoms with van der Waals surface area (Å²) in [6.45, 7) is 4.45. The lowest BCUT2D eigenvalue weighted by Gasteiger charge is -2.11. The lowest BCUT2D eigenvalue weighted by Crippen LogP contribution is -2.35. The van der Waals surface area contributed by atoms with Crippen molar-refractivity contribution < 1.29 is 9.53 Å². The van der Waals surface area contributed by atoms with Gasteiger partial charge in [-0.3, -0.25) is 4.79 Å².